The zero-order valence-corrected chi connectivity index (χ0v) is 18.4. The number of hydrogen-bond acceptors (Lipinski definition) is 5. The lowest BCUT2D eigenvalue weighted by molar-refractivity contribution is -0.137. The number of rotatable bonds is 7. The summed E-state index contributed by atoms with van der Waals surface area (Å²) in [5.41, 5.74) is 0.834. The summed E-state index contributed by atoms with van der Waals surface area (Å²) in [6, 6.07) is 6.55. The van der Waals surface area contributed by atoms with Crippen molar-refractivity contribution < 1.29 is 18.3 Å². The van der Waals surface area contributed by atoms with Gasteiger partial charge in [-0.05, 0) is 44.8 Å². The molecule has 0 saturated heterocycles. The lowest BCUT2D eigenvalue weighted by Gasteiger charge is -2.19. The van der Waals surface area contributed by atoms with Crippen LogP contribution in [0.1, 0.15) is 19.8 Å². The Balaban J connectivity index is 0.000000469. The van der Waals surface area contributed by atoms with Gasteiger partial charge in [0, 0.05) is 49.0 Å². The molecule has 30 heavy (non-hydrogen) atoms. The topological polar surface area (TPSA) is 127 Å². The number of benzene rings is 1. The number of carboxylic acids is 1. The van der Waals surface area contributed by atoms with Gasteiger partial charge >= 0.3 is 5.97 Å². The van der Waals surface area contributed by atoms with Crippen molar-refractivity contribution in [2.45, 2.75) is 24.7 Å². The van der Waals surface area contributed by atoms with Crippen molar-refractivity contribution in [2.24, 2.45) is 0 Å². The van der Waals surface area contributed by atoms with Crippen molar-refractivity contribution in [3.8, 4) is 0 Å². The van der Waals surface area contributed by atoms with Crippen LogP contribution in [0.5, 0.6) is 0 Å². The lowest BCUT2D eigenvalue weighted by Crippen LogP contribution is -2.33. The first kappa shape index (κ1) is 23.6. The number of carboxylic acid groups (broad SMARTS) is 1. The van der Waals surface area contributed by atoms with Crippen molar-refractivity contribution in [3.05, 3.63) is 40.8 Å². The summed E-state index contributed by atoms with van der Waals surface area (Å²) in [5, 5.41) is 9.33. The van der Waals surface area contributed by atoms with E-state index in [2.05, 4.69) is 9.97 Å². The zero-order chi connectivity index (χ0) is 22.5. The molecule has 2 aromatic heterocycles. The number of nitrogens with zero attached hydrogens (tertiary/aromatic N) is 2. The Morgan fingerprint density at radius 2 is 1.80 bits per heavy atom. The van der Waals surface area contributed by atoms with Gasteiger partial charge in [0.05, 0.1) is 4.90 Å². The van der Waals surface area contributed by atoms with E-state index < -0.39 is 16.0 Å². The molecule has 0 fully saturated rings. The Bertz CT molecular complexity index is 1180. The maximum absolute atomic E-state index is 12.8. The van der Waals surface area contributed by atoms with Crippen LogP contribution in [-0.2, 0) is 14.8 Å². The van der Waals surface area contributed by atoms with Crippen LogP contribution in [0, 0.1) is 0 Å². The largest absolute Gasteiger partial charge is 0.481 e. The Hall–Kier alpha value is -2.69. The molecule has 0 aliphatic heterocycles. The highest BCUT2D eigenvalue weighted by atomic mass is 32.2. The van der Waals surface area contributed by atoms with E-state index in [0.29, 0.717) is 41.3 Å². The SMILES string of the molecule is CCCC(=O)O.CN(C)CCN(C)S(=O)(=O)c1ccc2[nH]c(=O)c3[nH]ccc3c2c1. The van der Waals surface area contributed by atoms with Crippen molar-refractivity contribution in [2.75, 3.05) is 34.2 Å². The molecule has 2 heterocycles. The highest BCUT2D eigenvalue weighted by molar-refractivity contribution is 7.89. The number of carbonyl (C=O) groups is 1. The summed E-state index contributed by atoms with van der Waals surface area (Å²) >= 11 is 0. The molecule has 164 valence electrons. The molecule has 3 aromatic rings. The maximum Gasteiger partial charge on any atom is 0.303 e. The summed E-state index contributed by atoms with van der Waals surface area (Å²) in [5.74, 6) is -0.711. The van der Waals surface area contributed by atoms with Gasteiger partial charge in [-0.15, -0.1) is 0 Å². The van der Waals surface area contributed by atoms with E-state index in [4.69, 9.17) is 5.11 Å². The average molecular weight is 437 g/mol. The third kappa shape index (κ3) is 5.47. The summed E-state index contributed by atoms with van der Waals surface area (Å²) < 4.78 is 26.9. The molecule has 3 rings (SSSR count). The third-order valence-corrected chi connectivity index (χ3v) is 6.39. The molecule has 9 nitrogen and oxygen atoms in total. The molecule has 0 saturated carbocycles. The van der Waals surface area contributed by atoms with Gasteiger partial charge in [0.15, 0.2) is 0 Å². The van der Waals surface area contributed by atoms with Crippen molar-refractivity contribution in [1.82, 2.24) is 19.2 Å². The van der Waals surface area contributed by atoms with E-state index in [1.54, 1.807) is 31.4 Å². The first-order chi connectivity index (χ1) is 14.1. The van der Waals surface area contributed by atoms with E-state index in [-0.39, 0.29) is 10.5 Å². The van der Waals surface area contributed by atoms with E-state index in [1.165, 1.54) is 10.4 Å². The van der Waals surface area contributed by atoms with Crippen LogP contribution in [0.25, 0.3) is 21.8 Å². The minimum atomic E-state index is -3.58. The predicted octanol–water partition coefficient (Wildman–Crippen LogP) is 2.06. The van der Waals surface area contributed by atoms with Crippen LogP contribution >= 0.6 is 0 Å². The van der Waals surface area contributed by atoms with Crippen LogP contribution in [-0.4, -0.2) is 72.9 Å². The Morgan fingerprint density at radius 1 is 1.10 bits per heavy atom. The maximum atomic E-state index is 12.8. The smallest absolute Gasteiger partial charge is 0.303 e. The van der Waals surface area contributed by atoms with E-state index in [1.807, 2.05) is 25.9 Å². The molecule has 0 spiro atoms. The summed E-state index contributed by atoms with van der Waals surface area (Å²) in [4.78, 5) is 29.4. The molecule has 1 aromatic carbocycles. The number of aromatic nitrogens is 2. The van der Waals surface area contributed by atoms with E-state index >= 15 is 0 Å². The number of pyridine rings is 1. The molecule has 0 atom stereocenters. The number of nitrogens with one attached hydrogen (secondary N) is 2. The minimum Gasteiger partial charge on any atom is -0.481 e. The molecule has 0 aliphatic carbocycles. The Kier molecular flexibility index (Phi) is 7.77. The molecule has 10 heteroatoms. The van der Waals surface area contributed by atoms with Gasteiger partial charge in [0.1, 0.15) is 5.52 Å². The second-order valence-corrected chi connectivity index (χ2v) is 9.25. The van der Waals surface area contributed by atoms with Crippen LogP contribution in [0.2, 0.25) is 0 Å². The predicted molar refractivity (Wildman–Crippen MR) is 117 cm³/mol. The molecule has 0 amide bonds. The normalized spacial score (nSPS) is 11.8. The van der Waals surface area contributed by atoms with Gasteiger partial charge in [-0.3, -0.25) is 9.59 Å². The van der Waals surface area contributed by atoms with Crippen LogP contribution < -0.4 is 5.56 Å². The number of aliphatic carboxylic acids is 1. The van der Waals surface area contributed by atoms with Crippen LogP contribution in [0.15, 0.2) is 40.2 Å². The average Bonchev–Trinajstić information content (AvgIpc) is 3.17. The van der Waals surface area contributed by atoms with E-state index in [9.17, 15) is 18.0 Å². The van der Waals surface area contributed by atoms with Gasteiger partial charge < -0.3 is 20.0 Å². The van der Waals surface area contributed by atoms with Crippen LogP contribution in [0.3, 0.4) is 0 Å². The monoisotopic (exact) mass is 436 g/mol. The highest BCUT2D eigenvalue weighted by Gasteiger charge is 2.21. The first-order valence-electron chi connectivity index (χ1n) is 9.54. The number of sulfonamides is 1. The van der Waals surface area contributed by atoms with Gasteiger partial charge in [0.2, 0.25) is 10.0 Å². The number of likely N-dealkylation sites (N-methyl/N-ethyl adjacent to an activating group) is 2. The van der Waals surface area contributed by atoms with Crippen molar-refractivity contribution in [3.63, 3.8) is 0 Å². The van der Waals surface area contributed by atoms with E-state index in [0.717, 1.165) is 6.42 Å². The molecule has 0 aliphatic rings. The quantitative estimate of drug-likeness (QED) is 0.520. The summed E-state index contributed by atoms with van der Waals surface area (Å²) in [6.07, 6.45) is 2.69. The van der Waals surface area contributed by atoms with Gasteiger partial charge in [-0.1, -0.05) is 6.92 Å². The second-order valence-electron chi connectivity index (χ2n) is 7.20. The second kappa shape index (κ2) is 9.88. The lowest BCUT2D eigenvalue weighted by atomic mass is 10.1. The highest BCUT2D eigenvalue weighted by Crippen LogP contribution is 2.25. The fourth-order valence-corrected chi connectivity index (χ4v) is 4.03. The Labute approximate surface area is 175 Å². The number of hydrogen-bond donors (Lipinski definition) is 3. The fraction of sp³-hybridized carbons (Fsp3) is 0.400. The molecular weight excluding hydrogens is 408 g/mol. The van der Waals surface area contributed by atoms with Gasteiger partial charge in [0.25, 0.3) is 5.56 Å². The molecule has 3 N–H and O–H groups in total. The van der Waals surface area contributed by atoms with Gasteiger partial charge in [-0.2, -0.15) is 4.31 Å². The third-order valence-electron chi connectivity index (χ3n) is 4.54. The first-order valence-corrected chi connectivity index (χ1v) is 11.0. The van der Waals surface area contributed by atoms with Crippen molar-refractivity contribution in [1.29, 1.82) is 0 Å². The zero-order valence-electron chi connectivity index (χ0n) is 17.6. The molecular formula is C20H28N4O5S. The Morgan fingerprint density at radius 3 is 2.37 bits per heavy atom. The summed E-state index contributed by atoms with van der Waals surface area (Å²) in [6.45, 7) is 2.88. The van der Waals surface area contributed by atoms with Crippen molar-refractivity contribution >= 4 is 37.8 Å². The summed E-state index contributed by atoms with van der Waals surface area (Å²) in [7, 11) is 1.78. The molecule has 0 bridgehead atoms. The fourth-order valence-electron chi connectivity index (χ4n) is 2.84. The van der Waals surface area contributed by atoms with Crippen LogP contribution in [0.4, 0.5) is 0 Å². The number of fused-ring (bicyclic) bond motifs is 3. The molecule has 0 radical (unpaired) electrons. The number of H-pyrrole nitrogens is 2. The standard InChI is InChI=1S/C16H20N4O3S.C4H8O2/c1-19(2)8-9-20(3)24(22,23)11-4-5-14-13(10-11)12-6-7-17-15(12)16(21)18-14;1-2-3-4(5)6/h4-7,10,17H,8-9H2,1-3H3,(H,18,21);2-3H2,1H3,(H,5,6). The minimum absolute atomic E-state index is 0.214. The van der Waals surface area contributed by atoms with Gasteiger partial charge in [-0.25, -0.2) is 8.42 Å². The number of aromatic amines is 2. The molecule has 0 unspecified atom stereocenters.